The summed E-state index contributed by atoms with van der Waals surface area (Å²) in [7, 11) is 0. The topological polar surface area (TPSA) is 63.8 Å². The van der Waals surface area contributed by atoms with Gasteiger partial charge in [-0.25, -0.2) is 4.98 Å². The number of fused-ring (bicyclic) bond motifs is 1. The molecule has 4 nitrogen and oxygen atoms in total. The van der Waals surface area contributed by atoms with Crippen LogP contribution in [0.2, 0.25) is 0 Å². The summed E-state index contributed by atoms with van der Waals surface area (Å²) in [6, 6.07) is 7.83. The lowest BCUT2D eigenvalue weighted by Crippen LogP contribution is -2.06. The van der Waals surface area contributed by atoms with Crippen molar-refractivity contribution in [3.63, 3.8) is 0 Å². The first kappa shape index (κ1) is 11.9. The highest BCUT2D eigenvalue weighted by Gasteiger charge is 2.04. The van der Waals surface area contributed by atoms with Gasteiger partial charge in [-0.3, -0.25) is 4.98 Å². The standard InChI is InChI=1S/C14H14N4S/c15-12-3-1-2-11-13(5-7-17-14(11)12)16-6-4-10-8-19-9-18-10/h1-3,5,7-9H,4,6,15H2,(H,16,17). The Balaban J connectivity index is 1.79. The molecule has 0 amide bonds. The number of para-hydroxylation sites is 1. The third kappa shape index (κ3) is 2.51. The van der Waals surface area contributed by atoms with Gasteiger partial charge in [0, 0.05) is 35.6 Å². The monoisotopic (exact) mass is 270 g/mol. The molecule has 0 saturated carbocycles. The predicted octanol–water partition coefficient (Wildman–Crippen LogP) is 2.93. The van der Waals surface area contributed by atoms with Gasteiger partial charge < -0.3 is 11.1 Å². The molecule has 96 valence electrons. The summed E-state index contributed by atoms with van der Waals surface area (Å²) in [6.07, 6.45) is 2.69. The molecule has 0 bridgehead atoms. The highest BCUT2D eigenvalue weighted by Crippen LogP contribution is 2.25. The summed E-state index contributed by atoms with van der Waals surface area (Å²) in [4.78, 5) is 8.59. The molecule has 3 N–H and O–H groups in total. The largest absolute Gasteiger partial charge is 0.397 e. The molecule has 0 saturated heterocycles. The summed E-state index contributed by atoms with van der Waals surface area (Å²) < 4.78 is 0. The molecular weight excluding hydrogens is 256 g/mol. The summed E-state index contributed by atoms with van der Waals surface area (Å²) in [6.45, 7) is 0.845. The smallest absolute Gasteiger partial charge is 0.0951 e. The van der Waals surface area contributed by atoms with Gasteiger partial charge in [0.05, 0.1) is 22.4 Å². The Bertz CT molecular complexity index is 679. The van der Waals surface area contributed by atoms with Crippen molar-refractivity contribution in [2.75, 3.05) is 17.6 Å². The van der Waals surface area contributed by atoms with E-state index in [2.05, 4.69) is 20.7 Å². The van der Waals surface area contributed by atoms with Crippen LogP contribution in [0.5, 0.6) is 0 Å². The molecule has 2 aromatic heterocycles. The average molecular weight is 270 g/mol. The maximum atomic E-state index is 5.93. The number of benzene rings is 1. The average Bonchev–Trinajstić information content (AvgIpc) is 2.93. The molecule has 0 aliphatic carbocycles. The van der Waals surface area contributed by atoms with Crippen LogP contribution in [0.15, 0.2) is 41.4 Å². The number of hydrogen-bond acceptors (Lipinski definition) is 5. The number of nitrogen functional groups attached to an aromatic ring is 1. The minimum absolute atomic E-state index is 0.709. The summed E-state index contributed by atoms with van der Waals surface area (Å²) >= 11 is 1.62. The Morgan fingerprint density at radius 3 is 3.00 bits per heavy atom. The van der Waals surface area contributed by atoms with Crippen molar-refractivity contribution in [3.05, 3.63) is 47.0 Å². The number of pyridine rings is 1. The van der Waals surface area contributed by atoms with E-state index >= 15 is 0 Å². The van der Waals surface area contributed by atoms with E-state index in [1.807, 2.05) is 29.8 Å². The highest BCUT2D eigenvalue weighted by molar-refractivity contribution is 7.07. The Hall–Kier alpha value is -2.14. The van der Waals surface area contributed by atoms with E-state index in [-0.39, 0.29) is 0 Å². The number of anilines is 2. The quantitative estimate of drug-likeness (QED) is 0.715. The Labute approximate surface area is 115 Å². The normalized spacial score (nSPS) is 10.7. The van der Waals surface area contributed by atoms with Gasteiger partial charge in [0.25, 0.3) is 0 Å². The number of nitrogens with one attached hydrogen (secondary N) is 1. The number of nitrogens with zero attached hydrogens (tertiary/aromatic N) is 2. The lowest BCUT2D eigenvalue weighted by Gasteiger charge is -2.09. The zero-order chi connectivity index (χ0) is 13.1. The molecule has 1 aromatic carbocycles. The molecule has 0 radical (unpaired) electrons. The lowest BCUT2D eigenvalue weighted by molar-refractivity contribution is 0.978. The van der Waals surface area contributed by atoms with E-state index in [1.165, 1.54) is 0 Å². The van der Waals surface area contributed by atoms with Gasteiger partial charge in [-0.2, -0.15) is 0 Å². The molecular formula is C14H14N4S. The molecule has 0 spiro atoms. The van der Waals surface area contributed by atoms with Crippen molar-refractivity contribution >= 4 is 33.6 Å². The SMILES string of the molecule is Nc1cccc2c(NCCc3cscn3)ccnc12. The van der Waals surface area contributed by atoms with Crippen LogP contribution in [0.1, 0.15) is 5.69 Å². The third-order valence-corrected chi connectivity index (χ3v) is 3.62. The fraction of sp³-hybridized carbons (Fsp3) is 0.143. The molecule has 3 aromatic rings. The molecule has 3 rings (SSSR count). The molecule has 19 heavy (non-hydrogen) atoms. The van der Waals surface area contributed by atoms with E-state index in [4.69, 9.17) is 5.73 Å². The van der Waals surface area contributed by atoms with Crippen molar-refractivity contribution in [2.45, 2.75) is 6.42 Å². The zero-order valence-electron chi connectivity index (χ0n) is 10.3. The Morgan fingerprint density at radius 1 is 1.21 bits per heavy atom. The van der Waals surface area contributed by atoms with Crippen LogP contribution >= 0.6 is 11.3 Å². The van der Waals surface area contributed by atoms with Gasteiger partial charge in [-0.05, 0) is 12.1 Å². The van der Waals surface area contributed by atoms with Crippen LogP contribution in [0.25, 0.3) is 10.9 Å². The Kier molecular flexibility index (Phi) is 3.29. The maximum Gasteiger partial charge on any atom is 0.0951 e. The first-order valence-electron chi connectivity index (χ1n) is 6.09. The number of aromatic nitrogens is 2. The number of rotatable bonds is 4. The Morgan fingerprint density at radius 2 is 2.16 bits per heavy atom. The van der Waals surface area contributed by atoms with Gasteiger partial charge in [0.1, 0.15) is 0 Å². The number of nitrogens with two attached hydrogens (primary N) is 1. The first-order chi connectivity index (χ1) is 9.34. The second kappa shape index (κ2) is 5.24. The van der Waals surface area contributed by atoms with Crippen LogP contribution < -0.4 is 11.1 Å². The molecule has 0 fully saturated rings. The van der Waals surface area contributed by atoms with Gasteiger partial charge in [-0.15, -0.1) is 11.3 Å². The molecule has 5 heteroatoms. The minimum Gasteiger partial charge on any atom is -0.397 e. The fourth-order valence-corrected chi connectivity index (χ4v) is 2.63. The van der Waals surface area contributed by atoms with Crippen molar-refractivity contribution in [1.29, 1.82) is 0 Å². The second-order valence-corrected chi connectivity index (χ2v) is 4.98. The van der Waals surface area contributed by atoms with Crippen molar-refractivity contribution in [3.8, 4) is 0 Å². The zero-order valence-corrected chi connectivity index (χ0v) is 11.2. The molecule has 0 aliphatic heterocycles. The van der Waals surface area contributed by atoms with Gasteiger partial charge in [0.15, 0.2) is 0 Å². The molecule has 0 aliphatic rings. The van der Waals surface area contributed by atoms with E-state index in [9.17, 15) is 0 Å². The highest BCUT2D eigenvalue weighted by atomic mass is 32.1. The van der Waals surface area contributed by atoms with E-state index in [0.717, 1.165) is 35.2 Å². The first-order valence-corrected chi connectivity index (χ1v) is 7.03. The second-order valence-electron chi connectivity index (χ2n) is 4.26. The predicted molar refractivity (Wildman–Crippen MR) is 80.5 cm³/mol. The molecule has 0 unspecified atom stereocenters. The fourth-order valence-electron chi connectivity index (χ4n) is 2.04. The van der Waals surface area contributed by atoms with Crippen LogP contribution in [0, 0.1) is 0 Å². The van der Waals surface area contributed by atoms with Gasteiger partial charge >= 0.3 is 0 Å². The van der Waals surface area contributed by atoms with Crippen LogP contribution in [-0.2, 0) is 6.42 Å². The summed E-state index contributed by atoms with van der Waals surface area (Å²) in [5.74, 6) is 0. The van der Waals surface area contributed by atoms with Crippen LogP contribution in [0.4, 0.5) is 11.4 Å². The van der Waals surface area contributed by atoms with E-state index in [1.54, 1.807) is 17.5 Å². The minimum atomic E-state index is 0.709. The number of thiazole rings is 1. The summed E-state index contributed by atoms with van der Waals surface area (Å²) in [5, 5.41) is 6.55. The van der Waals surface area contributed by atoms with Crippen molar-refractivity contribution in [1.82, 2.24) is 9.97 Å². The van der Waals surface area contributed by atoms with Crippen molar-refractivity contribution < 1.29 is 0 Å². The van der Waals surface area contributed by atoms with Gasteiger partial charge in [0.2, 0.25) is 0 Å². The van der Waals surface area contributed by atoms with Gasteiger partial charge in [-0.1, -0.05) is 12.1 Å². The molecule has 2 heterocycles. The third-order valence-electron chi connectivity index (χ3n) is 2.98. The summed E-state index contributed by atoms with van der Waals surface area (Å²) in [5.41, 5.74) is 11.5. The van der Waals surface area contributed by atoms with E-state index < -0.39 is 0 Å². The maximum absolute atomic E-state index is 5.93. The van der Waals surface area contributed by atoms with Crippen LogP contribution in [-0.4, -0.2) is 16.5 Å². The van der Waals surface area contributed by atoms with E-state index in [0.29, 0.717) is 5.69 Å². The van der Waals surface area contributed by atoms with Crippen LogP contribution in [0.3, 0.4) is 0 Å². The number of hydrogen-bond donors (Lipinski definition) is 2. The van der Waals surface area contributed by atoms with Crippen molar-refractivity contribution in [2.24, 2.45) is 0 Å². The molecule has 0 atom stereocenters. The lowest BCUT2D eigenvalue weighted by atomic mass is 10.1.